The minimum absolute atomic E-state index is 0.727. The molecule has 1 aliphatic rings. The summed E-state index contributed by atoms with van der Waals surface area (Å²) in [6.45, 7) is 5.97. The molecule has 0 saturated carbocycles. The Hall–Kier alpha value is -2.32. The summed E-state index contributed by atoms with van der Waals surface area (Å²) in [4.78, 5) is 11.6. The summed E-state index contributed by atoms with van der Waals surface area (Å²) >= 11 is 3.55. The van der Waals surface area contributed by atoms with E-state index in [4.69, 9.17) is 14.5 Å². The van der Waals surface area contributed by atoms with Crippen molar-refractivity contribution in [2.45, 2.75) is 13.3 Å². The van der Waals surface area contributed by atoms with Gasteiger partial charge in [-0.3, -0.25) is 4.40 Å². The van der Waals surface area contributed by atoms with Crippen molar-refractivity contribution in [1.82, 2.24) is 14.4 Å². The highest BCUT2D eigenvalue weighted by Gasteiger charge is 2.19. The van der Waals surface area contributed by atoms with Crippen LogP contribution >= 0.6 is 15.9 Å². The van der Waals surface area contributed by atoms with E-state index in [0.29, 0.717) is 0 Å². The van der Waals surface area contributed by atoms with E-state index in [2.05, 4.69) is 47.7 Å². The molecule has 3 aromatic rings. The summed E-state index contributed by atoms with van der Waals surface area (Å²) < 4.78 is 13.8. The van der Waals surface area contributed by atoms with Crippen LogP contribution in [0.2, 0.25) is 0 Å². The zero-order valence-electron chi connectivity index (χ0n) is 16.1. The molecule has 0 unspecified atom stereocenters. The highest BCUT2D eigenvalue weighted by molar-refractivity contribution is 9.10. The summed E-state index contributed by atoms with van der Waals surface area (Å²) in [5.41, 5.74) is 3.09. The molecule has 2 aromatic heterocycles. The maximum atomic E-state index is 5.46. The predicted molar refractivity (Wildman–Crippen MR) is 114 cm³/mol. The van der Waals surface area contributed by atoms with Gasteiger partial charge in [0.15, 0.2) is 11.5 Å². The molecule has 0 bridgehead atoms. The van der Waals surface area contributed by atoms with Crippen molar-refractivity contribution >= 4 is 33.2 Å². The third-order valence-electron chi connectivity index (χ3n) is 4.93. The molecule has 0 aliphatic carbocycles. The number of hydrogen-bond acceptors (Lipinski definition) is 6. The molecule has 0 spiro atoms. The molecular formula is C20H24BrN5O2. The zero-order chi connectivity index (χ0) is 19.5. The number of halogens is 1. The van der Waals surface area contributed by atoms with Gasteiger partial charge in [0.25, 0.3) is 0 Å². The van der Waals surface area contributed by atoms with Gasteiger partial charge in [0.1, 0.15) is 11.6 Å². The molecule has 1 fully saturated rings. The van der Waals surface area contributed by atoms with Crippen molar-refractivity contribution in [3.05, 3.63) is 46.3 Å². The van der Waals surface area contributed by atoms with E-state index in [9.17, 15) is 0 Å². The van der Waals surface area contributed by atoms with Crippen LogP contribution in [0.4, 0.5) is 11.6 Å². The van der Waals surface area contributed by atoms with Gasteiger partial charge in [0, 0.05) is 32.0 Å². The number of nitrogens with zero attached hydrogens (tertiary/aromatic N) is 4. The van der Waals surface area contributed by atoms with Gasteiger partial charge in [-0.1, -0.05) is 6.07 Å². The van der Waals surface area contributed by atoms with Crippen molar-refractivity contribution in [2.75, 3.05) is 50.2 Å². The van der Waals surface area contributed by atoms with Gasteiger partial charge in [-0.2, -0.15) is 0 Å². The maximum absolute atomic E-state index is 5.46. The Bertz CT molecular complexity index is 969. The van der Waals surface area contributed by atoms with Crippen molar-refractivity contribution < 1.29 is 9.47 Å². The van der Waals surface area contributed by atoms with E-state index >= 15 is 0 Å². The fourth-order valence-corrected chi connectivity index (χ4v) is 4.07. The smallest absolute Gasteiger partial charge is 0.182 e. The molecule has 0 amide bonds. The minimum Gasteiger partial charge on any atom is -0.496 e. The summed E-state index contributed by atoms with van der Waals surface area (Å²) in [6.07, 6.45) is 4.70. The monoisotopic (exact) mass is 445 g/mol. The summed E-state index contributed by atoms with van der Waals surface area (Å²) in [6, 6.07) is 6.18. The Morgan fingerprint density at radius 1 is 1.29 bits per heavy atom. The summed E-state index contributed by atoms with van der Waals surface area (Å²) in [5, 5.41) is 3.55. The van der Waals surface area contributed by atoms with Gasteiger partial charge < -0.3 is 19.7 Å². The minimum atomic E-state index is 0.727. The number of imidazole rings is 1. The van der Waals surface area contributed by atoms with Crippen molar-refractivity contribution in [2.24, 2.45) is 0 Å². The average molecular weight is 446 g/mol. The highest BCUT2D eigenvalue weighted by atomic mass is 79.9. The largest absolute Gasteiger partial charge is 0.496 e. The number of aryl methyl sites for hydroxylation is 1. The van der Waals surface area contributed by atoms with Gasteiger partial charge in [0.2, 0.25) is 0 Å². The lowest BCUT2D eigenvalue weighted by atomic mass is 10.1. The summed E-state index contributed by atoms with van der Waals surface area (Å²) in [7, 11) is 1.68. The van der Waals surface area contributed by atoms with Gasteiger partial charge >= 0.3 is 0 Å². The molecule has 1 aromatic carbocycles. The van der Waals surface area contributed by atoms with Crippen LogP contribution in [-0.2, 0) is 11.2 Å². The molecular weight excluding hydrogens is 422 g/mol. The molecule has 28 heavy (non-hydrogen) atoms. The number of rotatable bonds is 6. The molecule has 0 radical (unpaired) electrons. The second kappa shape index (κ2) is 8.36. The van der Waals surface area contributed by atoms with Crippen molar-refractivity contribution in [1.29, 1.82) is 0 Å². The van der Waals surface area contributed by atoms with E-state index < -0.39 is 0 Å². The lowest BCUT2D eigenvalue weighted by Gasteiger charge is -2.27. The Morgan fingerprint density at radius 3 is 2.86 bits per heavy atom. The first kappa shape index (κ1) is 19.0. The lowest BCUT2D eigenvalue weighted by molar-refractivity contribution is 0.122. The Balaban J connectivity index is 1.51. The molecule has 8 heteroatoms. The molecule has 1 N–H and O–H groups in total. The van der Waals surface area contributed by atoms with Gasteiger partial charge in [0.05, 0.1) is 30.5 Å². The van der Waals surface area contributed by atoms with Crippen LogP contribution in [0.5, 0.6) is 5.75 Å². The Kier molecular flexibility index (Phi) is 5.68. The van der Waals surface area contributed by atoms with Crippen LogP contribution in [0.3, 0.4) is 0 Å². The normalized spacial score (nSPS) is 14.5. The predicted octanol–water partition coefficient (Wildman–Crippen LogP) is 3.30. The standard InChI is InChI=1S/C20H24BrN5O2/c1-14-18(22-6-5-15-3-4-17(27-2)16(21)13-15)26-8-7-23-19(20(26)24-14)25-9-11-28-12-10-25/h3-4,7-8,13,22H,5-6,9-12H2,1-2H3. The molecule has 4 rings (SSSR count). The van der Waals surface area contributed by atoms with Crippen LogP contribution in [0, 0.1) is 6.92 Å². The fraction of sp³-hybridized carbons (Fsp3) is 0.400. The molecule has 0 atom stereocenters. The number of nitrogens with one attached hydrogen (secondary N) is 1. The fourth-order valence-electron chi connectivity index (χ4n) is 3.48. The van der Waals surface area contributed by atoms with Crippen molar-refractivity contribution in [3.63, 3.8) is 0 Å². The summed E-state index contributed by atoms with van der Waals surface area (Å²) in [5.74, 6) is 2.78. The number of hydrogen-bond donors (Lipinski definition) is 1. The zero-order valence-corrected chi connectivity index (χ0v) is 17.7. The first-order valence-corrected chi connectivity index (χ1v) is 10.2. The number of benzene rings is 1. The number of fused-ring (bicyclic) bond motifs is 1. The van der Waals surface area contributed by atoms with Crippen molar-refractivity contribution in [3.8, 4) is 5.75 Å². The van der Waals surface area contributed by atoms with Crippen LogP contribution in [0.25, 0.3) is 5.65 Å². The number of ether oxygens (including phenoxy) is 2. The van der Waals surface area contributed by atoms with Crippen LogP contribution in [0.15, 0.2) is 35.1 Å². The number of anilines is 2. The van der Waals surface area contributed by atoms with Gasteiger partial charge in [-0.05, 0) is 47.0 Å². The second-order valence-electron chi connectivity index (χ2n) is 6.74. The SMILES string of the molecule is COc1ccc(CCNc2c(C)nc3c(N4CCOCC4)nccn23)cc1Br. The Morgan fingerprint density at radius 2 is 2.11 bits per heavy atom. The Labute approximate surface area is 172 Å². The van der Waals surface area contributed by atoms with E-state index in [1.165, 1.54) is 5.56 Å². The molecule has 148 valence electrons. The third kappa shape index (κ3) is 3.79. The average Bonchev–Trinajstić information content (AvgIpc) is 3.04. The van der Waals surface area contributed by atoms with Crippen LogP contribution < -0.4 is 15.0 Å². The lowest BCUT2D eigenvalue weighted by Crippen LogP contribution is -2.37. The van der Waals surface area contributed by atoms with E-state index in [1.807, 2.05) is 25.4 Å². The first-order chi connectivity index (χ1) is 13.7. The number of morpholine rings is 1. The van der Waals surface area contributed by atoms with Crippen LogP contribution in [0.1, 0.15) is 11.3 Å². The second-order valence-corrected chi connectivity index (χ2v) is 7.59. The molecule has 1 saturated heterocycles. The van der Waals surface area contributed by atoms with E-state index in [0.717, 1.165) is 72.5 Å². The number of aromatic nitrogens is 3. The first-order valence-electron chi connectivity index (χ1n) is 9.40. The number of methoxy groups -OCH3 is 1. The topological polar surface area (TPSA) is 63.9 Å². The molecule has 1 aliphatic heterocycles. The van der Waals surface area contributed by atoms with E-state index in [-0.39, 0.29) is 0 Å². The quantitative estimate of drug-likeness (QED) is 0.627. The van der Waals surface area contributed by atoms with Gasteiger partial charge in [-0.15, -0.1) is 0 Å². The highest BCUT2D eigenvalue weighted by Crippen LogP contribution is 2.27. The van der Waals surface area contributed by atoms with E-state index in [1.54, 1.807) is 7.11 Å². The third-order valence-corrected chi connectivity index (χ3v) is 5.55. The maximum Gasteiger partial charge on any atom is 0.182 e. The van der Waals surface area contributed by atoms with Gasteiger partial charge in [-0.25, -0.2) is 9.97 Å². The molecule has 7 nitrogen and oxygen atoms in total. The van der Waals surface area contributed by atoms with Crippen LogP contribution in [-0.4, -0.2) is 54.3 Å². The molecule has 3 heterocycles.